The number of sulfonamides is 1. The SMILES string of the molecule is CCC1CCCCCN1S(=O)(=O)c1cc(CN)n(C)c1. The molecule has 1 fully saturated rings. The maximum atomic E-state index is 12.9. The fourth-order valence-corrected chi connectivity index (χ4v) is 4.80. The molecule has 1 saturated heterocycles. The van der Waals surface area contributed by atoms with Crippen LogP contribution in [0.1, 0.15) is 44.7 Å². The molecule has 2 rings (SSSR count). The molecule has 1 unspecified atom stereocenters. The molecule has 0 bridgehead atoms. The van der Waals surface area contributed by atoms with Gasteiger partial charge in [0.2, 0.25) is 10.0 Å². The zero-order valence-corrected chi connectivity index (χ0v) is 13.2. The van der Waals surface area contributed by atoms with Gasteiger partial charge in [-0.3, -0.25) is 0 Å². The molecule has 0 spiro atoms. The van der Waals surface area contributed by atoms with Gasteiger partial charge in [-0.2, -0.15) is 4.31 Å². The number of nitrogens with two attached hydrogens (primary N) is 1. The van der Waals surface area contributed by atoms with Crippen LogP contribution in [-0.4, -0.2) is 29.9 Å². The van der Waals surface area contributed by atoms with Crippen LogP contribution >= 0.6 is 0 Å². The van der Waals surface area contributed by atoms with Gasteiger partial charge < -0.3 is 10.3 Å². The van der Waals surface area contributed by atoms with E-state index in [9.17, 15) is 8.42 Å². The lowest BCUT2D eigenvalue weighted by molar-refractivity contribution is 0.315. The van der Waals surface area contributed by atoms with Crippen LogP contribution in [0, 0.1) is 0 Å². The Kier molecular flexibility index (Phi) is 4.88. The van der Waals surface area contributed by atoms with Crippen molar-refractivity contribution in [1.82, 2.24) is 8.87 Å². The molecule has 1 aromatic heterocycles. The highest BCUT2D eigenvalue weighted by Crippen LogP contribution is 2.27. The highest BCUT2D eigenvalue weighted by Gasteiger charge is 2.32. The highest BCUT2D eigenvalue weighted by molar-refractivity contribution is 7.89. The van der Waals surface area contributed by atoms with Crippen molar-refractivity contribution >= 4 is 10.0 Å². The number of aryl methyl sites for hydroxylation is 1. The molecule has 0 aliphatic carbocycles. The summed E-state index contributed by atoms with van der Waals surface area (Å²) >= 11 is 0. The van der Waals surface area contributed by atoms with Gasteiger partial charge in [0.25, 0.3) is 0 Å². The van der Waals surface area contributed by atoms with E-state index in [0.29, 0.717) is 18.0 Å². The molecule has 5 nitrogen and oxygen atoms in total. The van der Waals surface area contributed by atoms with E-state index in [4.69, 9.17) is 5.73 Å². The first kappa shape index (κ1) is 15.5. The third-order valence-electron chi connectivity index (χ3n) is 4.19. The van der Waals surface area contributed by atoms with E-state index in [-0.39, 0.29) is 6.04 Å². The van der Waals surface area contributed by atoms with Crippen molar-refractivity contribution in [3.8, 4) is 0 Å². The van der Waals surface area contributed by atoms with Gasteiger partial charge in [-0.1, -0.05) is 19.8 Å². The molecule has 6 heteroatoms. The van der Waals surface area contributed by atoms with Crippen LogP contribution in [-0.2, 0) is 23.6 Å². The van der Waals surface area contributed by atoms with Crippen LogP contribution in [0.2, 0.25) is 0 Å². The summed E-state index contributed by atoms with van der Waals surface area (Å²) in [6.07, 6.45) is 6.70. The van der Waals surface area contributed by atoms with Crippen molar-refractivity contribution in [3.05, 3.63) is 18.0 Å². The lowest BCUT2D eigenvalue weighted by Crippen LogP contribution is -2.39. The minimum absolute atomic E-state index is 0.129. The topological polar surface area (TPSA) is 68.3 Å². The fraction of sp³-hybridized carbons (Fsp3) is 0.714. The first-order chi connectivity index (χ1) is 9.50. The second-order valence-electron chi connectivity index (χ2n) is 5.51. The summed E-state index contributed by atoms with van der Waals surface area (Å²) < 4.78 is 29.2. The van der Waals surface area contributed by atoms with Gasteiger partial charge in [0.1, 0.15) is 4.90 Å². The molecule has 1 aromatic rings. The second-order valence-corrected chi connectivity index (χ2v) is 7.40. The van der Waals surface area contributed by atoms with E-state index in [1.54, 1.807) is 21.1 Å². The quantitative estimate of drug-likeness (QED) is 0.922. The first-order valence-corrected chi connectivity index (χ1v) is 8.81. The molecule has 114 valence electrons. The Morgan fingerprint density at radius 3 is 2.70 bits per heavy atom. The zero-order chi connectivity index (χ0) is 14.8. The number of hydrogen-bond acceptors (Lipinski definition) is 3. The molecule has 2 heterocycles. The molecular formula is C14H25N3O2S. The third kappa shape index (κ3) is 2.92. The zero-order valence-electron chi connectivity index (χ0n) is 12.4. The molecule has 1 atom stereocenters. The summed E-state index contributed by atoms with van der Waals surface area (Å²) in [5, 5.41) is 0. The standard InChI is InChI=1S/C14H25N3O2S/c1-3-12-7-5-4-6-8-17(12)20(18,19)14-9-13(10-15)16(2)11-14/h9,11-12H,3-8,10,15H2,1-2H3. The Hall–Kier alpha value is -0.850. The van der Waals surface area contributed by atoms with Crippen LogP contribution in [0.15, 0.2) is 17.2 Å². The number of nitrogens with zero attached hydrogens (tertiary/aromatic N) is 2. The van der Waals surface area contributed by atoms with Gasteiger partial charge in [-0.15, -0.1) is 0 Å². The molecule has 0 aromatic carbocycles. The van der Waals surface area contributed by atoms with Gasteiger partial charge in [0.05, 0.1) is 0 Å². The smallest absolute Gasteiger partial charge is 0.244 e. The van der Waals surface area contributed by atoms with Crippen molar-refractivity contribution in [2.45, 2.75) is 56.5 Å². The average Bonchev–Trinajstić information content (AvgIpc) is 2.66. The summed E-state index contributed by atoms with van der Waals surface area (Å²) in [4.78, 5) is 0.376. The summed E-state index contributed by atoms with van der Waals surface area (Å²) in [5.74, 6) is 0. The first-order valence-electron chi connectivity index (χ1n) is 7.37. The van der Waals surface area contributed by atoms with Crippen LogP contribution in [0.25, 0.3) is 0 Å². The van der Waals surface area contributed by atoms with Gasteiger partial charge >= 0.3 is 0 Å². The Bertz CT molecular complexity index is 551. The summed E-state index contributed by atoms with van der Waals surface area (Å²) in [7, 11) is -1.57. The van der Waals surface area contributed by atoms with Crippen LogP contribution < -0.4 is 5.73 Å². The van der Waals surface area contributed by atoms with E-state index in [2.05, 4.69) is 6.92 Å². The lowest BCUT2D eigenvalue weighted by Gasteiger charge is -2.27. The van der Waals surface area contributed by atoms with Gasteiger partial charge in [0, 0.05) is 38.1 Å². The second kappa shape index (κ2) is 6.28. The Labute approximate surface area is 121 Å². The number of rotatable bonds is 4. The molecule has 1 aliphatic heterocycles. The van der Waals surface area contributed by atoms with E-state index < -0.39 is 10.0 Å². The van der Waals surface area contributed by atoms with Gasteiger partial charge in [-0.25, -0.2) is 8.42 Å². The van der Waals surface area contributed by atoms with Gasteiger partial charge in [-0.05, 0) is 25.3 Å². The highest BCUT2D eigenvalue weighted by atomic mass is 32.2. The largest absolute Gasteiger partial charge is 0.352 e. The Morgan fingerprint density at radius 1 is 1.35 bits per heavy atom. The summed E-state index contributed by atoms with van der Waals surface area (Å²) in [6.45, 7) is 3.05. The lowest BCUT2D eigenvalue weighted by atomic mass is 10.1. The maximum absolute atomic E-state index is 12.9. The van der Waals surface area contributed by atoms with Crippen molar-refractivity contribution < 1.29 is 8.42 Å². The van der Waals surface area contributed by atoms with Crippen LogP contribution in [0.3, 0.4) is 0 Å². The van der Waals surface area contributed by atoms with E-state index >= 15 is 0 Å². The predicted octanol–water partition coefficient (Wildman–Crippen LogP) is 1.83. The van der Waals surface area contributed by atoms with Crippen molar-refractivity contribution in [1.29, 1.82) is 0 Å². The maximum Gasteiger partial charge on any atom is 0.244 e. The van der Waals surface area contributed by atoms with E-state index in [0.717, 1.165) is 37.8 Å². The average molecular weight is 299 g/mol. The third-order valence-corrected chi connectivity index (χ3v) is 6.11. The molecule has 1 aliphatic rings. The minimum Gasteiger partial charge on any atom is -0.352 e. The van der Waals surface area contributed by atoms with Crippen molar-refractivity contribution in [3.63, 3.8) is 0 Å². The molecule has 2 N–H and O–H groups in total. The fourth-order valence-electron chi connectivity index (χ4n) is 2.93. The molecule has 0 amide bonds. The van der Waals surface area contributed by atoms with Gasteiger partial charge in [0.15, 0.2) is 0 Å². The van der Waals surface area contributed by atoms with E-state index in [1.165, 1.54) is 0 Å². The van der Waals surface area contributed by atoms with Crippen LogP contribution in [0.4, 0.5) is 0 Å². The van der Waals surface area contributed by atoms with E-state index in [1.807, 2.05) is 7.05 Å². The van der Waals surface area contributed by atoms with Crippen molar-refractivity contribution in [2.24, 2.45) is 12.8 Å². The van der Waals surface area contributed by atoms with Crippen LogP contribution in [0.5, 0.6) is 0 Å². The Balaban J connectivity index is 2.35. The predicted molar refractivity (Wildman–Crippen MR) is 79.7 cm³/mol. The molecule has 0 radical (unpaired) electrons. The summed E-state index contributed by atoms with van der Waals surface area (Å²) in [6, 6.07) is 1.83. The molecule has 20 heavy (non-hydrogen) atoms. The minimum atomic E-state index is -3.40. The number of hydrogen-bond donors (Lipinski definition) is 1. The number of aromatic nitrogens is 1. The summed E-state index contributed by atoms with van der Waals surface area (Å²) in [5.41, 5.74) is 6.47. The Morgan fingerprint density at radius 2 is 2.10 bits per heavy atom. The monoisotopic (exact) mass is 299 g/mol. The normalized spacial score (nSPS) is 21.9. The molecule has 0 saturated carbocycles. The van der Waals surface area contributed by atoms with Crippen molar-refractivity contribution in [2.75, 3.05) is 6.54 Å². The molecular weight excluding hydrogens is 274 g/mol.